The van der Waals surface area contributed by atoms with Gasteiger partial charge in [0, 0.05) is 6.54 Å². The lowest BCUT2D eigenvalue weighted by Crippen LogP contribution is -2.45. The Labute approximate surface area is 140 Å². The summed E-state index contributed by atoms with van der Waals surface area (Å²) in [7, 11) is 0. The Morgan fingerprint density at radius 1 is 1.22 bits per heavy atom. The fourth-order valence-corrected chi connectivity index (χ4v) is 5.86. The van der Waals surface area contributed by atoms with E-state index in [4.69, 9.17) is 0 Å². The summed E-state index contributed by atoms with van der Waals surface area (Å²) >= 11 is 1.66. The third-order valence-electron chi connectivity index (χ3n) is 5.64. The molecule has 1 amide bonds. The Morgan fingerprint density at radius 3 is 2.87 bits per heavy atom. The van der Waals surface area contributed by atoms with E-state index < -0.39 is 12.0 Å². The number of likely N-dealkylation sites (tertiary alicyclic amines) is 1. The molecule has 1 aromatic rings. The minimum Gasteiger partial charge on any atom is -0.480 e. The van der Waals surface area contributed by atoms with Crippen LogP contribution in [0.25, 0.3) is 0 Å². The van der Waals surface area contributed by atoms with Gasteiger partial charge in [-0.05, 0) is 48.0 Å². The fourth-order valence-electron chi connectivity index (χ4n) is 4.60. The monoisotopic (exact) mass is 331 g/mol. The topological polar surface area (TPSA) is 57.6 Å². The Balaban J connectivity index is 1.63. The molecule has 1 N–H and O–H groups in total. The number of aryl methyl sites for hydroxylation is 1. The Hall–Kier alpha value is -1.49. The zero-order valence-corrected chi connectivity index (χ0v) is 13.8. The van der Waals surface area contributed by atoms with Crippen LogP contribution < -0.4 is 0 Å². The summed E-state index contributed by atoms with van der Waals surface area (Å²) in [5.74, 6) is 0.626. The van der Waals surface area contributed by atoms with Crippen LogP contribution in [-0.4, -0.2) is 40.2 Å². The van der Waals surface area contributed by atoms with E-state index in [9.17, 15) is 14.7 Å². The van der Waals surface area contributed by atoms with Crippen molar-refractivity contribution in [2.24, 2.45) is 11.8 Å². The third-order valence-corrected chi connectivity index (χ3v) is 6.87. The number of hydrogen-bond acceptors (Lipinski definition) is 3. The smallest absolute Gasteiger partial charge is 0.326 e. The maximum absolute atomic E-state index is 13.2. The van der Waals surface area contributed by atoms with Gasteiger partial charge in [0.05, 0.1) is 0 Å². The number of carboxylic acids is 1. The minimum absolute atomic E-state index is 0.00366. The molecule has 4 rings (SSSR count). The van der Waals surface area contributed by atoms with Crippen LogP contribution in [0.3, 0.4) is 0 Å². The molecule has 2 aliphatic heterocycles. The summed E-state index contributed by atoms with van der Waals surface area (Å²) in [6.07, 6.45) is 4.09. The molecule has 1 saturated heterocycles. The first kappa shape index (κ1) is 15.1. The van der Waals surface area contributed by atoms with Crippen LogP contribution in [-0.2, 0) is 16.0 Å². The molecule has 23 heavy (non-hydrogen) atoms. The predicted molar refractivity (Wildman–Crippen MR) is 89.3 cm³/mol. The molecule has 2 fully saturated rings. The lowest BCUT2D eigenvalue weighted by molar-refractivity contribution is -0.149. The quantitative estimate of drug-likeness (QED) is 0.905. The van der Waals surface area contributed by atoms with Gasteiger partial charge in [0.1, 0.15) is 11.3 Å². The average molecular weight is 331 g/mol. The van der Waals surface area contributed by atoms with E-state index in [1.54, 1.807) is 16.7 Å². The molecule has 4 unspecified atom stereocenters. The Morgan fingerprint density at radius 2 is 2.04 bits per heavy atom. The Bertz CT molecular complexity index is 647. The second kappa shape index (κ2) is 5.86. The van der Waals surface area contributed by atoms with Crippen molar-refractivity contribution in [3.63, 3.8) is 0 Å². The normalized spacial score (nSPS) is 32.4. The number of rotatable bonds is 2. The number of nitrogens with zero attached hydrogens (tertiary/aromatic N) is 1. The van der Waals surface area contributed by atoms with E-state index in [0.29, 0.717) is 12.5 Å². The fraction of sp³-hybridized carbons (Fsp3) is 0.556. The van der Waals surface area contributed by atoms with Gasteiger partial charge in [-0.25, -0.2) is 4.79 Å². The molecule has 0 radical (unpaired) electrons. The number of hydrogen-bond donors (Lipinski definition) is 1. The highest BCUT2D eigenvalue weighted by atomic mass is 32.2. The highest BCUT2D eigenvalue weighted by molar-refractivity contribution is 8.00. The van der Waals surface area contributed by atoms with Crippen molar-refractivity contribution in [3.05, 3.63) is 35.4 Å². The largest absolute Gasteiger partial charge is 0.480 e. The van der Waals surface area contributed by atoms with Crippen LogP contribution in [0.15, 0.2) is 24.3 Å². The number of thioether (sulfide) groups is 1. The molecule has 1 saturated carbocycles. The molecule has 1 aromatic carbocycles. The first-order valence-corrected chi connectivity index (χ1v) is 9.44. The molecule has 5 heteroatoms. The zero-order valence-electron chi connectivity index (χ0n) is 13.0. The van der Waals surface area contributed by atoms with Gasteiger partial charge >= 0.3 is 5.97 Å². The summed E-state index contributed by atoms with van der Waals surface area (Å²) < 4.78 is 0. The van der Waals surface area contributed by atoms with Crippen LogP contribution in [0.5, 0.6) is 0 Å². The van der Waals surface area contributed by atoms with Crippen molar-refractivity contribution in [1.29, 1.82) is 0 Å². The number of carbonyl (C=O) groups is 2. The number of carboxylic acid groups (broad SMARTS) is 1. The minimum atomic E-state index is -0.832. The molecular weight excluding hydrogens is 310 g/mol. The summed E-state index contributed by atoms with van der Waals surface area (Å²) in [6, 6.07) is 7.47. The Kier molecular flexibility index (Phi) is 3.84. The van der Waals surface area contributed by atoms with Crippen LogP contribution in [0.2, 0.25) is 0 Å². The predicted octanol–water partition coefficient (Wildman–Crippen LogP) is 2.73. The summed E-state index contributed by atoms with van der Waals surface area (Å²) in [5.41, 5.74) is 2.31. The maximum Gasteiger partial charge on any atom is 0.326 e. The second-order valence-electron chi connectivity index (χ2n) is 6.83. The van der Waals surface area contributed by atoms with Gasteiger partial charge < -0.3 is 10.0 Å². The molecule has 3 aliphatic rings. The van der Waals surface area contributed by atoms with Crippen LogP contribution >= 0.6 is 11.8 Å². The maximum atomic E-state index is 13.2. The summed E-state index contributed by atoms with van der Waals surface area (Å²) in [6.45, 7) is 0.625. The van der Waals surface area contributed by atoms with Gasteiger partial charge in [0.15, 0.2) is 0 Å². The number of carbonyl (C=O) groups excluding carboxylic acids is 1. The highest BCUT2D eigenvalue weighted by Crippen LogP contribution is 2.45. The molecule has 1 aliphatic carbocycles. The molecule has 122 valence electrons. The second-order valence-corrected chi connectivity index (χ2v) is 8.04. The van der Waals surface area contributed by atoms with Gasteiger partial charge in [0.25, 0.3) is 0 Å². The molecule has 4 nitrogen and oxygen atoms in total. The van der Waals surface area contributed by atoms with Crippen molar-refractivity contribution in [1.82, 2.24) is 4.90 Å². The molecule has 0 aromatic heterocycles. The number of benzene rings is 1. The van der Waals surface area contributed by atoms with Crippen molar-refractivity contribution < 1.29 is 14.7 Å². The SMILES string of the molecule is O=C(O)C1C2CCCC2CN1C(=O)C1SCCc2ccccc21. The molecule has 0 spiro atoms. The van der Waals surface area contributed by atoms with Gasteiger partial charge in [-0.15, -0.1) is 11.8 Å². The lowest BCUT2D eigenvalue weighted by atomic mass is 9.94. The average Bonchev–Trinajstić information content (AvgIpc) is 3.13. The molecule has 2 heterocycles. The van der Waals surface area contributed by atoms with E-state index in [0.717, 1.165) is 37.0 Å². The van der Waals surface area contributed by atoms with E-state index in [1.165, 1.54) is 5.56 Å². The molecular formula is C18H21NO3S. The lowest BCUT2D eigenvalue weighted by Gasteiger charge is -2.31. The van der Waals surface area contributed by atoms with Gasteiger partial charge in [0.2, 0.25) is 5.91 Å². The van der Waals surface area contributed by atoms with Gasteiger partial charge in [-0.1, -0.05) is 30.7 Å². The van der Waals surface area contributed by atoms with E-state index >= 15 is 0 Å². The van der Waals surface area contributed by atoms with Crippen LogP contribution in [0.4, 0.5) is 0 Å². The van der Waals surface area contributed by atoms with Gasteiger partial charge in [-0.2, -0.15) is 0 Å². The van der Waals surface area contributed by atoms with Crippen molar-refractivity contribution in [2.75, 3.05) is 12.3 Å². The first-order valence-electron chi connectivity index (χ1n) is 8.39. The number of amides is 1. The number of aliphatic carboxylic acids is 1. The zero-order chi connectivity index (χ0) is 16.0. The van der Waals surface area contributed by atoms with E-state index in [-0.39, 0.29) is 17.1 Å². The molecule has 0 bridgehead atoms. The van der Waals surface area contributed by atoms with Crippen LogP contribution in [0.1, 0.15) is 35.6 Å². The summed E-state index contributed by atoms with van der Waals surface area (Å²) in [5, 5.41) is 9.44. The van der Waals surface area contributed by atoms with E-state index in [1.807, 2.05) is 18.2 Å². The third kappa shape index (κ3) is 2.45. The number of fused-ring (bicyclic) bond motifs is 2. The summed E-state index contributed by atoms with van der Waals surface area (Å²) in [4.78, 5) is 26.6. The van der Waals surface area contributed by atoms with Gasteiger partial charge in [-0.3, -0.25) is 4.79 Å². The van der Waals surface area contributed by atoms with Crippen molar-refractivity contribution in [2.45, 2.75) is 37.0 Å². The van der Waals surface area contributed by atoms with Crippen molar-refractivity contribution in [3.8, 4) is 0 Å². The first-order chi connectivity index (χ1) is 11.2. The van der Waals surface area contributed by atoms with Crippen molar-refractivity contribution >= 4 is 23.6 Å². The molecule has 4 atom stereocenters. The standard InChI is InChI=1S/C18H21NO3S/c20-17(16-14-6-2-1-4-11(14)8-9-23-16)19-10-12-5-3-7-13(12)15(19)18(21)22/h1-2,4,6,12-13,15-16H,3,5,7-10H2,(H,21,22). The highest BCUT2D eigenvalue weighted by Gasteiger charge is 2.50. The van der Waals surface area contributed by atoms with Crippen LogP contribution in [0, 0.1) is 11.8 Å². The van der Waals surface area contributed by atoms with E-state index in [2.05, 4.69) is 6.07 Å².